The van der Waals surface area contributed by atoms with Crippen LogP contribution >= 0.6 is 11.3 Å². The van der Waals surface area contributed by atoms with E-state index in [1.54, 1.807) is 0 Å². The first-order chi connectivity index (χ1) is 8.13. The van der Waals surface area contributed by atoms with E-state index in [0.717, 1.165) is 24.6 Å². The number of carbonyl (C=O) groups excluding carboxylic acids is 1. The molecule has 1 saturated heterocycles. The molecule has 0 spiro atoms. The summed E-state index contributed by atoms with van der Waals surface area (Å²) in [7, 11) is 1.37. The molecule has 0 bridgehead atoms. The van der Waals surface area contributed by atoms with Gasteiger partial charge in [0.1, 0.15) is 4.88 Å². The molecule has 1 N–H and O–H groups in total. The van der Waals surface area contributed by atoms with Crippen molar-refractivity contribution in [2.45, 2.75) is 25.3 Å². The zero-order valence-electron chi connectivity index (χ0n) is 9.99. The molecule has 6 heteroatoms. The molecule has 2 rings (SSSR count). The van der Waals surface area contributed by atoms with Gasteiger partial charge in [0.15, 0.2) is 5.13 Å². The van der Waals surface area contributed by atoms with Crippen LogP contribution in [0.1, 0.15) is 29.4 Å². The van der Waals surface area contributed by atoms with E-state index in [2.05, 4.69) is 22.0 Å². The van der Waals surface area contributed by atoms with Gasteiger partial charge in [-0.25, -0.2) is 9.78 Å². The molecule has 1 unspecified atom stereocenters. The molecule has 94 valence electrons. The van der Waals surface area contributed by atoms with Gasteiger partial charge >= 0.3 is 5.97 Å². The van der Waals surface area contributed by atoms with Crippen LogP contribution in [0.2, 0.25) is 0 Å². The Kier molecular flexibility index (Phi) is 3.63. The average molecular weight is 256 g/mol. The van der Waals surface area contributed by atoms with E-state index in [1.807, 2.05) is 0 Å². The van der Waals surface area contributed by atoms with Gasteiger partial charge in [-0.15, -0.1) is 0 Å². The van der Waals surface area contributed by atoms with Crippen molar-refractivity contribution < 1.29 is 14.3 Å². The Morgan fingerprint density at radius 1 is 1.71 bits per heavy atom. The minimum atomic E-state index is -0.347. The summed E-state index contributed by atoms with van der Waals surface area (Å²) in [4.78, 5) is 16.0. The Hall–Kier alpha value is -1.14. The molecule has 1 aliphatic heterocycles. The van der Waals surface area contributed by atoms with E-state index >= 15 is 0 Å². The van der Waals surface area contributed by atoms with E-state index < -0.39 is 0 Å². The summed E-state index contributed by atoms with van der Waals surface area (Å²) in [5.74, 6) is -0.347. The van der Waals surface area contributed by atoms with E-state index in [1.165, 1.54) is 24.6 Å². The zero-order valence-corrected chi connectivity index (χ0v) is 10.8. The highest BCUT2D eigenvalue weighted by atomic mass is 32.1. The fraction of sp³-hybridized carbons (Fsp3) is 0.636. The summed E-state index contributed by atoms with van der Waals surface area (Å²) in [6.07, 6.45) is 3.62. The van der Waals surface area contributed by atoms with Crippen LogP contribution in [0.15, 0.2) is 6.20 Å². The van der Waals surface area contributed by atoms with Crippen LogP contribution in [0, 0.1) is 0 Å². The predicted molar refractivity (Wildman–Crippen MR) is 65.5 cm³/mol. The Morgan fingerprint density at radius 3 is 3.18 bits per heavy atom. The molecule has 0 saturated carbocycles. The molecule has 1 fully saturated rings. The normalized spacial score (nSPS) is 24.4. The van der Waals surface area contributed by atoms with Crippen molar-refractivity contribution in [3.63, 3.8) is 0 Å². The van der Waals surface area contributed by atoms with Crippen LogP contribution in [-0.4, -0.2) is 36.8 Å². The Morgan fingerprint density at radius 2 is 2.53 bits per heavy atom. The zero-order chi connectivity index (χ0) is 12.3. The fourth-order valence-electron chi connectivity index (χ4n) is 1.82. The summed E-state index contributed by atoms with van der Waals surface area (Å²) in [6, 6.07) is 0. The second-order valence-corrected chi connectivity index (χ2v) is 5.39. The number of carbonyl (C=O) groups is 1. The molecule has 1 aliphatic rings. The van der Waals surface area contributed by atoms with E-state index in [4.69, 9.17) is 4.74 Å². The number of ether oxygens (including phenoxy) is 2. The molecular formula is C11H16N2O3S. The summed E-state index contributed by atoms with van der Waals surface area (Å²) in [6.45, 7) is 3.59. The number of hydrogen-bond acceptors (Lipinski definition) is 6. The SMILES string of the molecule is COC(=O)c1cnc(NC2(C)CCCOC2)s1. The van der Waals surface area contributed by atoms with Crippen molar-refractivity contribution in [3.05, 3.63) is 11.1 Å². The van der Waals surface area contributed by atoms with Gasteiger partial charge in [-0.1, -0.05) is 11.3 Å². The minimum Gasteiger partial charge on any atom is -0.465 e. The number of hydrogen-bond donors (Lipinski definition) is 1. The third kappa shape index (κ3) is 2.95. The van der Waals surface area contributed by atoms with E-state index in [9.17, 15) is 4.79 Å². The topological polar surface area (TPSA) is 60.5 Å². The van der Waals surface area contributed by atoms with Gasteiger partial charge in [0.2, 0.25) is 0 Å². The standard InChI is InChI=1S/C11H16N2O3S/c1-11(4-3-5-16-7-11)13-10-12-6-8(17-10)9(14)15-2/h6H,3-5,7H2,1-2H3,(H,12,13). The lowest BCUT2D eigenvalue weighted by Gasteiger charge is -2.34. The molecule has 0 radical (unpaired) electrons. The molecule has 0 amide bonds. The van der Waals surface area contributed by atoms with Crippen molar-refractivity contribution >= 4 is 22.4 Å². The van der Waals surface area contributed by atoms with Gasteiger partial charge < -0.3 is 14.8 Å². The second-order valence-electron chi connectivity index (χ2n) is 4.36. The van der Waals surface area contributed by atoms with Crippen LogP contribution in [0.3, 0.4) is 0 Å². The lowest BCUT2D eigenvalue weighted by Crippen LogP contribution is -2.42. The molecule has 5 nitrogen and oxygen atoms in total. The first-order valence-corrected chi connectivity index (χ1v) is 6.35. The quantitative estimate of drug-likeness (QED) is 0.837. The smallest absolute Gasteiger partial charge is 0.349 e. The summed E-state index contributed by atoms with van der Waals surface area (Å²) in [5, 5.41) is 4.07. The molecule has 0 aliphatic carbocycles. The average Bonchev–Trinajstić information content (AvgIpc) is 2.76. The van der Waals surface area contributed by atoms with Crippen molar-refractivity contribution in [2.24, 2.45) is 0 Å². The number of nitrogens with zero attached hydrogens (tertiary/aromatic N) is 1. The van der Waals surface area contributed by atoms with E-state index in [-0.39, 0.29) is 11.5 Å². The number of aromatic nitrogens is 1. The summed E-state index contributed by atoms with van der Waals surface area (Å²) < 4.78 is 10.1. The van der Waals surface area contributed by atoms with Gasteiger partial charge in [-0.2, -0.15) is 0 Å². The lowest BCUT2D eigenvalue weighted by atomic mass is 9.95. The highest BCUT2D eigenvalue weighted by Crippen LogP contribution is 2.27. The van der Waals surface area contributed by atoms with Crippen LogP contribution in [0.5, 0.6) is 0 Å². The van der Waals surface area contributed by atoms with Crippen LogP contribution in [0.4, 0.5) is 5.13 Å². The summed E-state index contributed by atoms with van der Waals surface area (Å²) in [5.41, 5.74) is -0.0938. The molecule has 0 aromatic carbocycles. The highest BCUT2D eigenvalue weighted by Gasteiger charge is 2.28. The number of methoxy groups -OCH3 is 1. The Bertz CT molecular complexity index is 399. The molecule has 1 aromatic rings. The van der Waals surface area contributed by atoms with Gasteiger partial charge in [0.25, 0.3) is 0 Å². The molecule has 17 heavy (non-hydrogen) atoms. The number of thiazole rings is 1. The van der Waals surface area contributed by atoms with Crippen LogP contribution in [-0.2, 0) is 9.47 Å². The van der Waals surface area contributed by atoms with Gasteiger partial charge in [0.05, 0.1) is 25.5 Å². The monoisotopic (exact) mass is 256 g/mol. The number of nitrogens with one attached hydrogen (secondary N) is 1. The fourth-order valence-corrected chi connectivity index (χ4v) is 2.70. The number of esters is 1. The minimum absolute atomic E-state index is 0.0938. The van der Waals surface area contributed by atoms with Gasteiger partial charge in [-0.3, -0.25) is 0 Å². The van der Waals surface area contributed by atoms with Crippen LogP contribution in [0.25, 0.3) is 0 Å². The first kappa shape index (κ1) is 12.3. The largest absolute Gasteiger partial charge is 0.465 e. The number of rotatable bonds is 3. The number of anilines is 1. The van der Waals surface area contributed by atoms with Crippen LogP contribution < -0.4 is 5.32 Å². The molecule has 1 aromatic heterocycles. The molecular weight excluding hydrogens is 240 g/mol. The first-order valence-electron chi connectivity index (χ1n) is 5.53. The summed E-state index contributed by atoms with van der Waals surface area (Å²) >= 11 is 1.31. The molecule has 1 atom stereocenters. The van der Waals surface area contributed by atoms with Gasteiger partial charge in [0, 0.05) is 6.61 Å². The van der Waals surface area contributed by atoms with E-state index in [0.29, 0.717) is 11.5 Å². The third-order valence-electron chi connectivity index (χ3n) is 2.74. The maximum Gasteiger partial charge on any atom is 0.349 e. The second kappa shape index (κ2) is 5.01. The maximum atomic E-state index is 11.3. The lowest BCUT2D eigenvalue weighted by molar-refractivity contribution is 0.0540. The predicted octanol–water partition coefficient (Wildman–Crippen LogP) is 1.91. The Balaban J connectivity index is 2.03. The van der Waals surface area contributed by atoms with Gasteiger partial charge in [-0.05, 0) is 19.8 Å². The van der Waals surface area contributed by atoms with Crippen molar-refractivity contribution in [1.82, 2.24) is 4.98 Å². The maximum absolute atomic E-state index is 11.3. The Labute approximate surface area is 104 Å². The van der Waals surface area contributed by atoms with Crippen molar-refractivity contribution in [2.75, 3.05) is 25.6 Å². The third-order valence-corrected chi connectivity index (χ3v) is 3.63. The molecule has 2 heterocycles. The van der Waals surface area contributed by atoms with Crippen molar-refractivity contribution in [1.29, 1.82) is 0 Å². The highest BCUT2D eigenvalue weighted by molar-refractivity contribution is 7.17. The van der Waals surface area contributed by atoms with Crippen molar-refractivity contribution in [3.8, 4) is 0 Å².